The van der Waals surface area contributed by atoms with Crippen molar-refractivity contribution < 1.29 is 13.9 Å². The molecule has 0 saturated carbocycles. The number of amides is 1. The molecule has 0 unspecified atom stereocenters. The highest BCUT2D eigenvalue weighted by atomic mass is 19.1. The van der Waals surface area contributed by atoms with Crippen LogP contribution < -0.4 is 10.2 Å². The molecule has 1 N–H and O–H groups in total. The van der Waals surface area contributed by atoms with E-state index in [1.54, 1.807) is 6.92 Å². The second-order valence-corrected chi connectivity index (χ2v) is 7.83. The van der Waals surface area contributed by atoms with Crippen molar-refractivity contribution in [3.63, 3.8) is 0 Å². The van der Waals surface area contributed by atoms with Gasteiger partial charge in [0.25, 0.3) is 0 Å². The Morgan fingerprint density at radius 1 is 1.44 bits per heavy atom. The number of hydrogen-bond donors (Lipinski definition) is 1. The molecular weight excluding hydrogens is 347 g/mol. The van der Waals surface area contributed by atoms with E-state index in [4.69, 9.17) is 4.74 Å². The summed E-state index contributed by atoms with van der Waals surface area (Å²) in [5.41, 5.74) is 1.89. The fourth-order valence-corrected chi connectivity index (χ4v) is 3.40. The number of pyridine rings is 1. The van der Waals surface area contributed by atoms with E-state index in [0.717, 1.165) is 5.56 Å². The number of aromatic nitrogens is 1. The molecule has 2 heterocycles. The van der Waals surface area contributed by atoms with Gasteiger partial charge in [0.15, 0.2) is 0 Å². The molecule has 2 aromatic rings. The maximum atomic E-state index is 14.0. The SMILES string of the molecule is Cc1cc(F)cc2c(N3CC[C@@H](NC(=O)OC(C)(C)C)C3)c(C#N)cnc12. The number of hydrogen-bond acceptors (Lipinski definition) is 5. The summed E-state index contributed by atoms with van der Waals surface area (Å²) in [5, 5.41) is 13.0. The van der Waals surface area contributed by atoms with Gasteiger partial charge in [-0.15, -0.1) is 0 Å². The summed E-state index contributed by atoms with van der Waals surface area (Å²) in [5.74, 6) is -0.360. The zero-order valence-corrected chi connectivity index (χ0v) is 16.0. The first kappa shape index (κ1) is 18.9. The average molecular weight is 370 g/mol. The molecule has 1 aromatic heterocycles. The van der Waals surface area contributed by atoms with E-state index in [2.05, 4.69) is 16.4 Å². The first-order valence-corrected chi connectivity index (χ1v) is 8.91. The van der Waals surface area contributed by atoms with Crippen molar-refractivity contribution >= 4 is 22.7 Å². The Labute approximate surface area is 157 Å². The number of fused-ring (bicyclic) bond motifs is 1. The lowest BCUT2D eigenvalue weighted by atomic mass is 10.1. The summed E-state index contributed by atoms with van der Waals surface area (Å²) in [7, 11) is 0. The third-order valence-electron chi connectivity index (χ3n) is 4.44. The largest absolute Gasteiger partial charge is 0.444 e. The van der Waals surface area contributed by atoms with E-state index in [9.17, 15) is 14.4 Å². The molecule has 0 aliphatic carbocycles. The van der Waals surface area contributed by atoms with Gasteiger partial charge in [0.2, 0.25) is 0 Å². The molecule has 0 bridgehead atoms. The topological polar surface area (TPSA) is 78.3 Å². The van der Waals surface area contributed by atoms with E-state index < -0.39 is 11.7 Å². The number of carbonyl (C=O) groups excluding carboxylic acids is 1. The Morgan fingerprint density at radius 2 is 2.19 bits per heavy atom. The van der Waals surface area contributed by atoms with Crippen molar-refractivity contribution in [3.05, 3.63) is 35.3 Å². The molecule has 1 aliphatic heterocycles. The number of ether oxygens (including phenoxy) is 1. The van der Waals surface area contributed by atoms with Crippen LogP contribution in [0.15, 0.2) is 18.3 Å². The predicted octanol–water partition coefficient (Wildman–Crippen LogP) is 3.66. The van der Waals surface area contributed by atoms with Gasteiger partial charge in [-0.05, 0) is 51.8 Å². The molecule has 1 saturated heterocycles. The number of benzene rings is 1. The Hall–Kier alpha value is -2.88. The van der Waals surface area contributed by atoms with E-state index >= 15 is 0 Å². The van der Waals surface area contributed by atoms with E-state index in [0.29, 0.717) is 41.7 Å². The quantitative estimate of drug-likeness (QED) is 0.873. The van der Waals surface area contributed by atoms with Crippen LogP contribution in [0.5, 0.6) is 0 Å². The summed E-state index contributed by atoms with van der Waals surface area (Å²) < 4.78 is 19.3. The lowest BCUT2D eigenvalue weighted by molar-refractivity contribution is 0.0509. The summed E-state index contributed by atoms with van der Waals surface area (Å²) in [4.78, 5) is 18.3. The fraction of sp³-hybridized carbons (Fsp3) is 0.450. The summed E-state index contributed by atoms with van der Waals surface area (Å²) >= 11 is 0. The molecule has 7 heteroatoms. The van der Waals surface area contributed by atoms with Crippen LogP contribution in [-0.4, -0.2) is 35.8 Å². The Kier molecular flexibility index (Phi) is 4.92. The number of anilines is 1. The van der Waals surface area contributed by atoms with Crippen LogP contribution in [-0.2, 0) is 4.74 Å². The van der Waals surface area contributed by atoms with E-state index in [1.807, 2.05) is 25.7 Å². The third kappa shape index (κ3) is 4.11. The molecule has 142 valence electrons. The average Bonchev–Trinajstić information content (AvgIpc) is 2.99. The maximum Gasteiger partial charge on any atom is 0.407 e. The summed E-state index contributed by atoms with van der Waals surface area (Å²) in [6.07, 6.45) is 1.77. The van der Waals surface area contributed by atoms with Gasteiger partial charge in [-0.1, -0.05) is 0 Å². The highest BCUT2D eigenvalue weighted by Crippen LogP contribution is 2.33. The zero-order chi connectivity index (χ0) is 19.8. The smallest absolute Gasteiger partial charge is 0.407 e. The van der Waals surface area contributed by atoms with Crippen molar-refractivity contribution in [3.8, 4) is 6.07 Å². The zero-order valence-electron chi connectivity index (χ0n) is 16.0. The van der Waals surface area contributed by atoms with Crippen LogP contribution in [0, 0.1) is 24.1 Å². The molecule has 0 spiro atoms. The summed E-state index contributed by atoms with van der Waals surface area (Å²) in [6, 6.07) is 4.89. The second kappa shape index (κ2) is 7.03. The standard InChI is InChI=1S/C20H23FN4O2/c1-12-7-14(21)8-16-17(12)23-10-13(9-22)18(16)25-6-5-15(11-25)24-19(26)27-20(2,3)4/h7-8,10,15H,5-6,11H2,1-4H3,(H,24,26)/t15-/m1/s1. The third-order valence-corrected chi connectivity index (χ3v) is 4.44. The number of nitrogens with zero attached hydrogens (tertiary/aromatic N) is 3. The van der Waals surface area contributed by atoms with Crippen molar-refractivity contribution in [2.24, 2.45) is 0 Å². The number of nitriles is 1. The minimum absolute atomic E-state index is 0.107. The fourth-order valence-electron chi connectivity index (χ4n) is 3.40. The van der Waals surface area contributed by atoms with Gasteiger partial charge >= 0.3 is 6.09 Å². The number of carbonyl (C=O) groups is 1. The van der Waals surface area contributed by atoms with Gasteiger partial charge in [0.1, 0.15) is 17.5 Å². The molecule has 1 aliphatic rings. The molecule has 0 radical (unpaired) electrons. The number of rotatable bonds is 2. The van der Waals surface area contributed by atoms with Gasteiger partial charge in [-0.2, -0.15) is 5.26 Å². The van der Waals surface area contributed by atoms with Crippen LogP contribution in [0.25, 0.3) is 10.9 Å². The molecule has 27 heavy (non-hydrogen) atoms. The van der Waals surface area contributed by atoms with Crippen LogP contribution >= 0.6 is 0 Å². The van der Waals surface area contributed by atoms with Gasteiger partial charge in [0, 0.05) is 24.7 Å². The second-order valence-electron chi connectivity index (χ2n) is 7.83. The maximum absolute atomic E-state index is 14.0. The van der Waals surface area contributed by atoms with E-state index in [-0.39, 0.29) is 11.9 Å². The lowest BCUT2D eigenvalue weighted by Crippen LogP contribution is -2.40. The highest BCUT2D eigenvalue weighted by molar-refractivity contribution is 5.96. The van der Waals surface area contributed by atoms with Crippen LogP contribution in [0.2, 0.25) is 0 Å². The Balaban J connectivity index is 1.88. The van der Waals surface area contributed by atoms with Gasteiger partial charge in [-0.25, -0.2) is 9.18 Å². The summed E-state index contributed by atoms with van der Waals surface area (Å²) in [6.45, 7) is 8.39. The molecule has 1 fully saturated rings. The highest BCUT2D eigenvalue weighted by Gasteiger charge is 2.29. The number of alkyl carbamates (subject to hydrolysis) is 1. The van der Waals surface area contributed by atoms with Crippen LogP contribution in [0.3, 0.4) is 0 Å². The lowest BCUT2D eigenvalue weighted by Gasteiger charge is -2.24. The minimum Gasteiger partial charge on any atom is -0.444 e. The van der Waals surface area contributed by atoms with Gasteiger partial charge in [-0.3, -0.25) is 4.98 Å². The Bertz CT molecular complexity index is 930. The molecule has 1 aromatic carbocycles. The molecule has 6 nitrogen and oxygen atoms in total. The molecule has 1 atom stereocenters. The molecular formula is C20H23FN4O2. The minimum atomic E-state index is -0.563. The van der Waals surface area contributed by atoms with Crippen molar-refractivity contribution in [2.75, 3.05) is 18.0 Å². The molecule has 3 rings (SSSR count). The predicted molar refractivity (Wildman–Crippen MR) is 101 cm³/mol. The van der Waals surface area contributed by atoms with Crippen molar-refractivity contribution in [1.82, 2.24) is 10.3 Å². The van der Waals surface area contributed by atoms with Crippen LogP contribution in [0.4, 0.5) is 14.9 Å². The number of nitrogens with one attached hydrogen (secondary N) is 1. The number of halogens is 1. The first-order valence-electron chi connectivity index (χ1n) is 8.91. The van der Waals surface area contributed by atoms with E-state index in [1.165, 1.54) is 18.3 Å². The number of aryl methyl sites for hydroxylation is 1. The molecule has 1 amide bonds. The van der Waals surface area contributed by atoms with Crippen molar-refractivity contribution in [1.29, 1.82) is 5.26 Å². The van der Waals surface area contributed by atoms with Gasteiger partial charge < -0.3 is 15.0 Å². The Morgan fingerprint density at radius 3 is 2.85 bits per heavy atom. The van der Waals surface area contributed by atoms with Crippen LogP contribution in [0.1, 0.15) is 38.3 Å². The van der Waals surface area contributed by atoms with Crippen molar-refractivity contribution in [2.45, 2.75) is 45.8 Å². The monoisotopic (exact) mass is 370 g/mol. The first-order chi connectivity index (χ1) is 12.7. The normalized spacial score (nSPS) is 17.0. The van der Waals surface area contributed by atoms with Gasteiger partial charge in [0.05, 0.1) is 22.8 Å².